The van der Waals surface area contributed by atoms with E-state index in [1.165, 1.54) is 23.0 Å². The molecule has 0 amide bonds. The molecule has 0 aliphatic carbocycles. The van der Waals surface area contributed by atoms with Crippen LogP contribution in [0.4, 0.5) is 0 Å². The number of aromatic nitrogens is 3. The summed E-state index contributed by atoms with van der Waals surface area (Å²) in [5.41, 5.74) is 0.0397. The minimum absolute atomic E-state index is 0. The number of aliphatic hydroxyl groups excluding tert-OH is 3. The minimum Gasteiger partial charge on any atom is -0.394 e. The lowest BCUT2D eigenvalue weighted by molar-refractivity contribution is -0.0550. The molecule has 0 aromatic carbocycles. The van der Waals surface area contributed by atoms with E-state index in [4.69, 9.17) is 9.84 Å². The summed E-state index contributed by atoms with van der Waals surface area (Å²) >= 11 is 0. The Morgan fingerprint density at radius 2 is 2.05 bits per heavy atom. The third-order valence-corrected chi connectivity index (χ3v) is 3.27. The van der Waals surface area contributed by atoms with Crippen molar-refractivity contribution in [3.05, 3.63) is 35.1 Å². The molecule has 4 atom stereocenters. The molecule has 3 N–H and O–H groups in total. The van der Waals surface area contributed by atoms with Crippen molar-refractivity contribution < 1.29 is 20.1 Å². The molecule has 0 unspecified atom stereocenters. The molecule has 2 aromatic rings. The molecule has 1 fully saturated rings. The van der Waals surface area contributed by atoms with Gasteiger partial charge in [0.1, 0.15) is 24.0 Å². The fourth-order valence-corrected chi connectivity index (χ4v) is 2.24. The number of aliphatic hydroxyl groups is 3. The van der Waals surface area contributed by atoms with Gasteiger partial charge >= 0.3 is 5.69 Å². The lowest BCUT2D eigenvalue weighted by Gasteiger charge is -2.17. The van der Waals surface area contributed by atoms with Gasteiger partial charge in [-0.3, -0.25) is 8.97 Å². The summed E-state index contributed by atoms with van der Waals surface area (Å²) in [6.45, 7) is -0.434. The smallest absolute Gasteiger partial charge is 0.336 e. The molecule has 20 heavy (non-hydrogen) atoms. The molecule has 0 saturated carbocycles. The molecule has 8 nitrogen and oxygen atoms in total. The van der Waals surface area contributed by atoms with E-state index >= 15 is 0 Å². The Morgan fingerprint density at radius 3 is 2.70 bits per heavy atom. The first kappa shape index (κ1) is 14.9. The second kappa shape index (κ2) is 5.51. The first-order valence-corrected chi connectivity index (χ1v) is 5.80. The normalized spacial score (nSPS) is 29.6. The molecule has 1 saturated heterocycles. The van der Waals surface area contributed by atoms with Gasteiger partial charge < -0.3 is 20.1 Å². The topological polar surface area (TPSA) is 109 Å². The van der Waals surface area contributed by atoms with Gasteiger partial charge in [-0.2, -0.15) is 0 Å². The first-order valence-electron chi connectivity index (χ1n) is 5.80. The number of imidazole rings is 1. The zero-order valence-electron chi connectivity index (χ0n) is 10.2. The third kappa shape index (κ3) is 2.11. The molecule has 3 heterocycles. The van der Waals surface area contributed by atoms with Gasteiger partial charge in [-0.05, 0) is 6.07 Å². The molecule has 0 radical (unpaired) electrons. The molecule has 110 valence electrons. The fraction of sp³-hybridized carbons (Fsp3) is 0.455. The Morgan fingerprint density at radius 1 is 1.30 bits per heavy atom. The van der Waals surface area contributed by atoms with Gasteiger partial charge in [0.2, 0.25) is 0 Å². The van der Waals surface area contributed by atoms with Crippen molar-refractivity contribution in [3.63, 3.8) is 0 Å². The predicted molar refractivity (Wildman–Crippen MR) is 69.7 cm³/mol. The van der Waals surface area contributed by atoms with E-state index in [2.05, 4.69) is 4.98 Å². The van der Waals surface area contributed by atoms with Gasteiger partial charge in [-0.25, -0.2) is 9.78 Å². The highest BCUT2D eigenvalue weighted by Crippen LogP contribution is 2.27. The summed E-state index contributed by atoms with van der Waals surface area (Å²) in [5.74, 6) is 0. The van der Waals surface area contributed by atoms with E-state index in [0.717, 1.165) is 4.57 Å². The highest BCUT2D eigenvalue weighted by molar-refractivity contribution is 5.85. The molecular formula is C11H14ClN3O5. The summed E-state index contributed by atoms with van der Waals surface area (Å²) < 4.78 is 7.77. The lowest BCUT2D eigenvalue weighted by Crippen LogP contribution is -2.36. The van der Waals surface area contributed by atoms with Crippen molar-refractivity contribution in [1.29, 1.82) is 0 Å². The molecule has 1 aliphatic heterocycles. The van der Waals surface area contributed by atoms with Crippen molar-refractivity contribution >= 4 is 18.1 Å². The van der Waals surface area contributed by atoms with Gasteiger partial charge in [0.05, 0.1) is 6.61 Å². The summed E-state index contributed by atoms with van der Waals surface area (Å²) in [7, 11) is 0. The van der Waals surface area contributed by atoms with Crippen molar-refractivity contribution in [2.75, 3.05) is 6.61 Å². The van der Waals surface area contributed by atoms with E-state index in [-0.39, 0.29) is 12.4 Å². The highest BCUT2D eigenvalue weighted by Gasteiger charge is 2.43. The van der Waals surface area contributed by atoms with Crippen LogP contribution in [0.25, 0.3) is 5.65 Å². The largest absolute Gasteiger partial charge is 0.394 e. The zero-order chi connectivity index (χ0) is 13.6. The van der Waals surface area contributed by atoms with Crippen LogP contribution >= 0.6 is 12.4 Å². The predicted octanol–water partition coefficient (Wildman–Crippen LogP) is -1.47. The van der Waals surface area contributed by atoms with Gasteiger partial charge in [0, 0.05) is 18.6 Å². The van der Waals surface area contributed by atoms with Crippen LogP contribution in [0.2, 0.25) is 0 Å². The molecule has 3 rings (SSSR count). The molecule has 0 bridgehead atoms. The van der Waals surface area contributed by atoms with Crippen LogP contribution < -0.4 is 5.69 Å². The van der Waals surface area contributed by atoms with Gasteiger partial charge in [0.15, 0.2) is 6.23 Å². The summed E-state index contributed by atoms with van der Waals surface area (Å²) in [6.07, 6.45) is -0.0492. The second-order valence-electron chi connectivity index (χ2n) is 4.39. The second-order valence-corrected chi connectivity index (χ2v) is 4.39. The summed E-state index contributed by atoms with van der Waals surface area (Å²) in [6, 6.07) is 1.59. The zero-order valence-corrected chi connectivity index (χ0v) is 11.1. The molecule has 2 aromatic heterocycles. The summed E-state index contributed by atoms with van der Waals surface area (Å²) in [4.78, 5) is 16.1. The molecule has 9 heteroatoms. The van der Waals surface area contributed by atoms with Crippen LogP contribution in [0.15, 0.2) is 29.5 Å². The number of halogens is 1. The minimum atomic E-state index is -1.28. The van der Waals surface area contributed by atoms with Crippen LogP contribution in [0.1, 0.15) is 6.23 Å². The van der Waals surface area contributed by atoms with E-state index in [0.29, 0.717) is 5.65 Å². The number of fused-ring (bicyclic) bond motifs is 1. The van der Waals surface area contributed by atoms with E-state index in [1.54, 1.807) is 6.07 Å². The maximum Gasteiger partial charge on any atom is 0.336 e. The Kier molecular flexibility index (Phi) is 4.11. The van der Waals surface area contributed by atoms with Crippen LogP contribution in [-0.4, -0.2) is 54.2 Å². The van der Waals surface area contributed by atoms with Gasteiger partial charge in [-0.15, -0.1) is 12.4 Å². The first-order chi connectivity index (χ1) is 9.13. The van der Waals surface area contributed by atoms with E-state index in [1.807, 2.05) is 0 Å². The van der Waals surface area contributed by atoms with Crippen molar-refractivity contribution in [2.24, 2.45) is 0 Å². The third-order valence-electron chi connectivity index (χ3n) is 3.27. The molecular weight excluding hydrogens is 290 g/mol. The Labute approximate surface area is 119 Å². The average Bonchev–Trinajstić information content (AvgIpc) is 2.98. The number of hydrogen-bond donors (Lipinski definition) is 3. The van der Waals surface area contributed by atoms with Crippen LogP contribution in [-0.2, 0) is 4.74 Å². The van der Waals surface area contributed by atoms with Crippen LogP contribution in [0.3, 0.4) is 0 Å². The lowest BCUT2D eigenvalue weighted by atomic mass is 10.1. The van der Waals surface area contributed by atoms with Gasteiger partial charge in [-0.1, -0.05) is 0 Å². The SMILES string of the molecule is Cl.O=c1n([C@@H]2O[C@H](CO)[C@@H](O)[C@H]2O)ccc2nccn12. The number of nitrogens with zero attached hydrogens (tertiary/aromatic N) is 3. The molecule has 0 spiro atoms. The quantitative estimate of drug-likeness (QED) is 0.625. The number of ether oxygens (including phenoxy) is 1. The average molecular weight is 304 g/mol. The van der Waals surface area contributed by atoms with Crippen LogP contribution in [0, 0.1) is 0 Å². The van der Waals surface area contributed by atoms with Crippen molar-refractivity contribution in [3.8, 4) is 0 Å². The standard InChI is InChI=1S/C11H13N3O5.ClH/c15-5-6-8(16)9(17)10(19-6)14-3-1-7-12-2-4-13(7)11(14)18;/h1-4,6,8-10,15-17H,5H2;1H/t6-,8-,9-,10-;/m1./s1. The maximum absolute atomic E-state index is 12.2. The van der Waals surface area contributed by atoms with Crippen LogP contribution in [0.5, 0.6) is 0 Å². The highest BCUT2D eigenvalue weighted by atomic mass is 35.5. The van der Waals surface area contributed by atoms with E-state index < -0.39 is 36.8 Å². The summed E-state index contributed by atoms with van der Waals surface area (Å²) in [5, 5.41) is 28.6. The maximum atomic E-state index is 12.2. The van der Waals surface area contributed by atoms with Crippen molar-refractivity contribution in [1.82, 2.24) is 14.0 Å². The molecule has 1 aliphatic rings. The van der Waals surface area contributed by atoms with E-state index in [9.17, 15) is 15.0 Å². The van der Waals surface area contributed by atoms with Gasteiger partial charge in [0.25, 0.3) is 0 Å². The fourth-order valence-electron chi connectivity index (χ4n) is 2.24. The van der Waals surface area contributed by atoms with Crippen molar-refractivity contribution in [2.45, 2.75) is 24.5 Å². The Hall–Kier alpha value is -1.45. The number of hydrogen-bond acceptors (Lipinski definition) is 6. The Bertz CT molecular complexity index is 657. The number of rotatable bonds is 2. The Balaban J connectivity index is 0.00000147. The monoisotopic (exact) mass is 303 g/mol.